The second kappa shape index (κ2) is 12.2. The summed E-state index contributed by atoms with van der Waals surface area (Å²) in [6, 6.07) is 17.0. The Morgan fingerprint density at radius 3 is 2.24 bits per heavy atom. The van der Waals surface area contributed by atoms with Crippen molar-refractivity contribution in [3.8, 4) is 11.5 Å². The second-order valence-electron chi connectivity index (χ2n) is 7.99. The van der Waals surface area contributed by atoms with Gasteiger partial charge in [0.25, 0.3) is 11.8 Å². The molecule has 38 heavy (non-hydrogen) atoms. The predicted octanol–water partition coefficient (Wildman–Crippen LogP) is 5.40. The van der Waals surface area contributed by atoms with Gasteiger partial charge in [0.2, 0.25) is 0 Å². The van der Waals surface area contributed by atoms with Crippen LogP contribution >= 0.6 is 57.4 Å². The number of carboxylic acids is 1. The van der Waals surface area contributed by atoms with Crippen LogP contribution in [0.25, 0.3) is 6.08 Å². The molecule has 1 heterocycles. The first-order chi connectivity index (χ1) is 18.2. The fourth-order valence-electron chi connectivity index (χ4n) is 3.62. The minimum Gasteiger partial charge on any atom is -0.494 e. The molecule has 0 atom stereocenters. The number of benzene rings is 3. The van der Waals surface area contributed by atoms with Gasteiger partial charge in [0.1, 0.15) is 23.7 Å². The molecule has 11 heteroatoms. The van der Waals surface area contributed by atoms with Gasteiger partial charge in [-0.25, -0.2) is 4.79 Å². The number of amides is 2. The highest BCUT2D eigenvalue weighted by Gasteiger charge is 2.34. The van der Waals surface area contributed by atoms with Gasteiger partial charge in [0.15, 0.2) is 5.11 Å². The number of hydrogen-bond donors (Lipinski definition) is 2. The van der Waals surface area contributed by atoms with Gasteiger partial charge in [0.05, 0.1) is 25.0 Å². The summed E-state index contributed by atoms with van der Waals surface area (Å²) in [7, 11) is 0. The number of ether oxygens (including phenoxy) is 2. The van der Waals surface area contributed by atoms with Crippen molar-refractivity contribution in [1.82, 2.24) is 5.32 Å². The molecule has 3 aromatic carbocycles. The molecule has 1 aliphatic heterocycles. The molecule has 0 unspecified atom stereocenters. The van der Waals surface area contributed by atoms with E-state index in [1.54, 1.807) is 36.4 Å². The minimum absolute atomic E-state index is 0.00519. The summed E-state index contributed by atoms with van der Waals surface area (Å²) in [5.41, 5.74) is 2.14. The first kappa shape index (κ1) is 28.0. The summed E-state index contributed by atoms with van der Waals surface area (Å²) in [5.74, 6) is -0.779. The Kier molecular flexibility index (Phi) is 8.99. The first-order valence-electron chi connectivity index (χ1n) is 11.3. The SMILES string of the molecule is CCOc1ccc(N2C(=O)/C(=C/c3cc(I)c(OCc4ccc(C(=O)O)cc4)c(I)c3)C(=O)NC2=S)cc1. The van der Waals surface area contributed by atoms with Crippen LogP contribution in [-0.2, 0) is 16.2 Å². The fourth-order valence-corrected chi connectivity index (χ4v) is 6.03. The number of thiocarbonyl (C=S) groups is 1. The molecule has 3 aromatic rings. The third kappa shape index (κ3) is 6.32. The van der Waals surface area contributed by atoms with E-state index in [1.807, 2.05) is 19.1 Å². The van der Waals surface area contributed by atoms with Crippen LogP contribution in [0.5, 0.6) is 11.5 Å². The van der Waals surface area contributed by atoms with E-state index < -0.39 is 17.8 Å². The average Bonchev–Trinajstić information content (AvgIpc) is 2.87. The van der Waals surface area contributed by atoms with E-state index in [-0.39, 0.29) is 22.9 Å². The summed E-state index contributed by atoms with van der Waals surface area (Å²) < 4.78 is 13.0. The molecule has 194 valence electrons. The van der Waals surface area contributed by atoms with E-state index in [0.29, 0.717) is 29.4 Å². The van der Waals surface area contributed by atoms with Crippen LogP contribution in [0.3, 0.4) is 0 Å². The molecule has 0 saturated carbocycles. The largest absolute Gasteiger partial charge is 0.494 e. The molecular formula is C27H20I2N2O6S. The van der Waals surface area contributed by atoms with E-state index in [4.69, 9.17) is 26.8 Å². The van der Waals surface area contributed by atoms with Crippen LogP contribution < -0.4 is 19.7 Å². The summed E-state index contributed by atoms with van der Waals surface area (Å²) in [4.78, 5) is 38.4. The van der Waals surface area contributed by atoms with Crippen molar-refractivity contribution >= 4 is 92.1 Å². The zero-order valence-electron chi connectivity index (χ0n) is 19.9. The third-order valence-electron chi connectivity index (χ3n) is 5.42. The van der Waals surface area contributed by atoms with Crippen LogP contribution in [0, 0.1) is 7.14 Å². The van der Waals surface area contributed by atoms with Crippen molar-refractivity contribution in [1.29, 1.82) is 0 Å². The number of nitrogens with one attached hydrogen (secondary N) is 1. The molecule has 0 bridgehead atoms. The van der Waals surface area contributed by atoms with Crippen molar-refractivity contribution < 1.29 is 29.0 Å². The smallest absolute Gasteiger partial charge is 0.335 e. The Morgan fingerprint density at radius 1 is 1.03 bits per heavy atom. The van der Waals surface area contributed by atoms with Crippen molar-refractivity contribution in [3.05, 3.63) is 90.1 Å². The molecule has 0 aromatic heterocycles. The minimum atomic E-state index is -0.985. The summed E-state index contributed by atoms with van der Waals surface area (Å²) >= 11 is 9.55. The number of halogens is 2. The van der Waals surface area contributed by atoms with E-state index >= 15 is 0 Å². The zero-order chi connectivity index (χ0) is 27.4. The normalized spacial score (nSPS) is 14.4. The summed E-state index contributed by atoms with van der Waals surface area (Å²) in [6.07, 6.45) is 1.53. The first-order valence-corrected chi connectivity index (χ1v) is 13.8. The summed E-state index contributed by atoms with van der Waals surface area (Å²) in [5, 5.41) is 11.6. The van der Waals surface area contributed by atoms with Crippen LogP contribution in [0.1, 0.15) is 28.4 Å². The van der Waals surface area contributed by atoms with Gasteiger partial charge in [-0.3, -0.25) is 19.8 Å². The van der Waals surface area contributed by atoms with Gasteiger partial charge in [0, 0.05) is 0 Å². The molecule has 0 aliphatic carbocycles. The molecule has 0 spiro atoms. The monoisotopic (exact) mass is 754 g/mol. The Hall–Kier alpha value is -3.04. The van der Waals surface area contributed by atoms with Crippen LogP contribution in [0.2, 0.25) is 0 Å². The second-order valence-corrected chi connectivity index (χ2v) is 10.7. The van der Waals surface area contributed by atoms with Gasteiger partial charge >= 0.3 is 5.97 Å². The van der Waals surface area contributed by atoms with Gasteiger partial charge in [-0.1, -0.05) is 12.1 Å². The van der Waals surface area contributed by atoms with E-state index in [0.717, 1.165) is 12.7 Å². The lowest BCUT2D eigenvalue weighted by atomic mass is 10.1. The van der Waals surface area contributed by atoms with Crippen LogP contribution in [0.15, 0.2) is 66.2 Å². The fraction of sp³-hybridized carbons (Fsp3) is 0.111. The number of carboxylic acid groups (broad SMARTS) is 1. The van der Waals surface area contributed by atoms with Crippen LogP contribution in [0.4, 0.5) is 5.69 Å². The number of carbonyl (C=O) groups is 3. The number of hydrogen-bond acceptors (Lipinski definition) is 6. The molecule has 2 amide bonds. The lowest BCUT2D eigenvalue weighted by Crippen LogP contribution is -2.54. The Balaban J connectivity index is 1.55. The van der Waals surface area contributed by atoms with E-state index in [2.05, 4.69) is 50.5 Å². The molecule has 1 saturated heterocycles. The maximum Gasteiger partial charge on any atom is 0.335 e. The van der Waals surface area contributed by atoms with Crippen molar-refractivity contribution in [2.75, 3.05) is 11.5 Å². The number of anilines is 1. The van der Waals surface area contributed by atoms with E-state index in [1.165, 1.54) is 23.1 Å². The molecule has 2 N–H and O–H groups in total. The zero-order valence-corrected chi connectivity index (χ0v) is 25.0. The third-order valence-corrected chi connectivity index (χ3v) is 7.31. The highest BCUT2D eigenvalue weighted by Crippen LogP contribution is 2.31. The van der Waals surface area contributed by atoms with Crippen molar-refractivity contribution in [2.24, 2.45) is 0 Å². The van der Waals surface area contributed by atoms with Crippen molar-refractivity contribution in [2.45, 2.75) is 13.5 Å². The Morgan fingerprint density at radius 2 is 1.66 bits per heavy atom. The summed E-state index contributed by atoms with van der Waals surface area (Å²) in [6.45, 7) is 2.65. The lowest BCUT2D eigenvalue weighted by Gasteiger charge is -2.29. The topological polar surface area (TPSA) is 105 Å². The molecule has 1 fully saturated rings. The molecular weight excluding hydrogens is 734 g/mol. The van der Waals surface area contributed by atoms with E-state index in [9.17, 15) is 14.4 Å². The number of carbonyl (C=O) groups excluding carboxylic acids is 2. The molecule has 8 nitrogen and oxygen atoms in total. The maximum atomic E-state index is 13.3. The standard InChI is InChI=1S/C27H20I2N2O6S/c1-2-36-19-9-7-18(8-10-19)31-25(33)20(24(32)30-27(31)38)11-16-12-21(28)23(22(29)13-16)37-14-15-3-5-17(6-4-15)26(34)35/h3-13H,2,14H2,1H3,(H,34,35)(H,30,32,38)/b20-11+. The lowest BCUT2D eigenvalue weighted by molar-refractivity contribution is -0.122. The van der Waals surface area contributed by atoms with Gasteiger partial charge in [-0.15, -0.1) is 0 Å². The van der Waals surface area contributed by atoms with Gasteiger partial charge < -0.3 is 14.6 Å². The van der Waals surface area contributed by atoms with Gasteiger partial charge in [-0.05, 0) is 130 Å². The van der Waals surface area contributed by atoms with Crippen molar-refractivity contribution in [3.63, 3.8) is 0 Å². The highest BCUT2D eigenvalue weighted by atomic mass is 127. The molecule has 4 rings (SSSR count). The predicted molar refractivity (Wildman–Crippen MR) is 163 cm³/mol. The van der Waals surface area contributed by atoms with Gasteiger partial charge in [-0.2, -0.15) is 0 Å². The van der Waals surface area contributed by atoms with Crippen LogP contribution in [-0.4, -0.2) is 34.6 Å². The quantitative estimate of drug-likeness (QED) is 0.137. The maximum absolute atomic E-state index is 13.3. The Bertz CT molecular complexity index is 1430. The number of nitrogens with zero attached hydrogens (tertiary/aromatic N) is 1. The molecule has 0 radical (unpaired) electrons. The average molecular weight is 754 g/mol. The number of aromatic carboxylic acids is 1. The Labute approximate surface area is 251 Å². The molecule has 1 aliphatic rings. The highest BCUT2D eigenvalue weighted by molar-refractivity contribution is 14.1. The number of rotatable bonds is 8.